The van der Waals surface area contributed by atoms with Crippen LogP contribution < -0.4 is 5.73 Å². The minimum Gasteiger partial charge on any atom is -0.414 e. The minimum atomic E-state index is -1.58. The molecule has 90 valence electrons. The number of hydrogen-bond donors (Lipinski definition) is 1. The van der Waals surface area contributed by atoms with Gasteiger partial charge in [-0.3, -0.25) is 0 Å². The molecule has 0 aliphatic heterocycles. The summed E-state index contributed by atoms with van der Waals surface area (Å²) in [7, 11) is -1.58. The van der Waals surface area contributed by atoms with Crippen LogP contribution in [0.1, 0.15) is 46.5 Å². The van der Waals surface area contributed by atoms with E-state index in [4.69, 9.17) is 10.2 Å². The van der Waals surface area contributed by atoms with Crippen molar-refractivity contribution in [3.05, 3.63) is 0 Å². The Hall–Kier alpha value is 0.137. The van der Waals surface area contributed by atoms with E-state index >= 15 is 0 Å². The summed E-state index contributed by atoms with van der Waals surface area (Å²) in [6.45, 7) is 11.5. The summed E-state index contributed by atoms with van der Waals surface area (Å²) in [5.74, 6) is 0. The van der Waals surface area contributed by atoms with Gasteiger partial charge in [0.1, 0.15) is 0 Å². The van der Waals surface area contributed by atoms with Crippen LogP contribution in [0.5, 0.6) is 0 Å². The van der Waals surface area contributed by atoms with Crippen molar-refractivity contribution in [1.29, 1.82) is 0 Å². The number of rotatable bonds is 2. The van der Waals surface area contributed by atoms with Crippen LogP contribution in [-0.2, 0) is 4.43 Å². The smallest absolute Gasteiger partial charge is 0.192 e. The molecule has 0 bridgehead atoms. The molecule has 1 aliphatic rings. The zero-order chi connectivity index (χ0) is 11.7. The molecule has 1 unspecified atom stereocenters. The second-order valence-corrected chi connectivity index (χ2v) is 11.2. The van der Waals surface area contributed by atoms with Gasteiger partial charge in [0.05, 0.1) is 0 Å². The standard InChI is InChI=1S/C12H27NOSi/c1-12(2,3)15(4,5)14-11-8-6-7-10(13)9-11/h10-11H,6-9,13H2,1-5H3/t10-,11?/m0/s1. The fraction of sp³-hybridized carbons (Fsp3) is 1.00. The molecule has 0 saturated heterocycles. The van der Waals surface area contributed by atoms with E-state index in [0.29, 0.717) is 17.2 Å². The Bertz CT molecular complexity index is 210. The molecule has 1 fully saturated rings. The summed E-state index contributed by atoms with van der Waals surface area (Å²) in [5, 5.41) is 0.314. The molecule has 2 atom stereocenters. The first-order chi connectivity index (χ1) is 6.72. The lowest BCUT2D eigenvalue weighted by atomic mass is 9.94. The van der Waals surface area contributed by atoms with Crippen LogP contribution in [0.15, 0.2) is 0 Å². The van der Waals surface area contributed by atoms with E-state index in [1.54, 1.807) is 0 Å². The highest BCUT2D eigenvalue weighted by Gasteiger charge is 2.39. The normalized spacial score (nSPS) is 29.2. The molecule has 0 heterocycles. The van der Waals surface area contributed by atoms with E-state index in [-0.39, 0.29) is 0 Å². The molecule has 0 spiro atoms. The summed E-state index contributed by atoms with van der Waals surface area (Å²) in [6, 6.07) is 0.369. The van der Waals surface area contributed by atoms with Gasteiger partial charge in [-0.1, -0.05) is 20.8 Å². The SMILES string of the molecule is CC(C)(C)[Si](C)(C)OC1CCC[C@H](N)C1. The van der Waals surface area contributed by atoms with Crippen molar-refractivity contribution < 1.29 is 4.43 Å². The highest BCUT2D eigenvalue weighted by Crippen LogP contribution is 2.38. The molecule has 1 aliphatic carbocycles. The maximum Gasteiger partial charge on any atom is 0.192 e. The van der Waals surface area contributed by atoms with Crippen molar-refractivity contribution in [3.8, 4) is 0 Å². The van der Waals surface area contributed by atoms with Gasteiger partial charge >= 0.3 is 0 Å². The van der Waals surface area contributed by atoms with E-state index in [1.807, 2.05) is 0 Å². The fourth-order valence-electron chi connectivity index (χ4n) is 1.88. The summed E-state index contributed by atoms with van der Waals surface area (Å²) in [6.07, 6.45) is 5.11. The van der Waals surface area contributed by atoms with Crippen molar-refractivity contribution in [3.63, 3.8) is 0 Å². The molecule has 3 heteroatoms. The van der Waals surface area contributed by atoms with Crippen LogP contribution in [0, 0.1) is 0 Å². The first-order valence-electron chi connectivity index (χ1n) is 6.16. The summed E-state index contributed by atoms with van der Waals surface area (Å²) >= 11 is 0. The van der Waals surface area contributed by atoms with Gasteiger partial charge in [0.2, 0.25) is 0 Å². The zero-order valence-corrected chi connectivity index (χ0v) is 12.0. The predicted molar refractivity (Wildman–Crippen MR) is 68.5 cm³/mol. The molecule has 0 aromatic heterocycles. The third-order valence-corrected chi connectivity index (χ3v) is 8.47. The van der Waals surface area contributed by atoms with Crippen LogP contribution in [0.4, 0.5) is 0 Å². The quantitative estimate of drug-likeness (QED) is 0.738. The molecule has 0 amide bonds. The first kappa shape index (κ1) is 13.2. The topological polar surface area (TPSA) is 35.2 Å². The van der Waals surface area contributed by atoms with Crippen LogP contribution in [0.25, 0.3) is 0 Å². The monoisotopic (exact) mass is 229 g/mol. The molecular weight excluding hydrogens is 202 g/mol. The van der Waals surface area contributed by atoms with E-state index in [0.717, 1.165) is 6.42 Å². The van der Waals surface area contributed by atoms with E-state index in [2.05, 4.69) is 33.9 Å². The van der Waals surface area contributed by atoms with Gasteiger partial charge in [0, 0.05) is 12.1 Å². The Morgan fingerprint density at radius 3 is 2.27 bits per heavy atom. The van der Waals surface area contributed by atoms with E-state index in [1.165, 1.54) is 19.3 Å². The molecule has 2 N–H and O–H groups in total. The van der Waals surface area contributed by atoms with Crippen molar-refractivity contribution in [2.24, 2.45) is 5.73 Å². The average Bonchev–Trinajstić information content (AvgIpc) is 2.00. The fourth-order valence-corrected chi connectivity index (χ4v) is 3.28. The minimum absolute atomic E-state index is 0.314. The van der Waals surface area contributed by atoms with Crippen molar-refractivity contribution in [1.82, 2.24) is 0 Å². The van der Waals surface area contributed by atoms with E-state index in [9.17, 15) is 0 Å². The van der Waals surface area contributed by atoms with Crippen molar-refractivity contribution in [2.45, 2.75) is 76.7 Å². The van der Waals surface area contributed by atoms with Gasteiger partial charge in [-0.25, -0.2) is 0 Å². The van der Waals surface area contributed by atoms with Gasteiger partial charge < -0.3 is 10.2 Å². The zero-order valence-electron chi connectivity index (χ0n) is 11.0. The summed E-state index contributed by atoms with van der Waals surface area (Å²) in [5.41, 5.74) is 5.99. The summed E-state index contributed by atoms with van der Waals surface area (Å²) in [4.78, 5) is 0. The van der Waals surface area contributed by atoms with Crippen LogP contribution in [-0.4, -0.2) is 20.5 Å². The number of hydrogen-bond acceptors (Lipinski definition) is 2. The highest BCUT2D eigenvalue weighted by molar-refractivity contribution is 6.74. The Labute approximate surface area is 95.7 Å². The highest BCUT2D eigenvalue weighted by atomic mass is 28.4. The molecule has 15 heavy (non-hydrogen) atoms. The molecule has 0 radical (unpaired) electrons. The second-order valence-electron chi connectivity index (χ2n) is 6.43. The largest absolute Gasteiger partial charge is 0.414 e. The van der Waals surface area contributed by atoms with E-state index < -0.39 is 8.32 Å². The molecule has 0 aromatic rings. The van der Waals surface area contributed by atoms with Gasteiger partial charge in [-0.05, 0) is 43.8 Å². The lowest BCUT2D eigenvalue weighted by Crippen LogP contribution is -2.46. The maximum atomic E-state index is 6.37. The Morgan fingerprint density at radius 2 is 1.80 bits per heavy atom. The number of nitrogens with two attached hydrogens (primary N) is 1. The average molecular weight is 229 g/mol. The third-order valence-electron chi connectivity index (χ3n) is 3.93. The lowest BCUT2D eigenvalue weighted by Gasteiger charge is -2.41. The molecular formula is C12H27NOSi. The van der Waals surface area contributed by atoms with Crippen LogP contribution in [0.2, 0.25) is 18.1 Å². The van der Waals surface area contributed by atoms with Crippen molar-refractivity contribution in [2.75, 3.05) is 0 Å². The van der Waals surface area contributed by atoms with Crippen LogP contribution >= 0.6 is 0 Å². The molecule has 2 nitrogen and oxygen atoms in total. The third kappa shape index (κ3) is 3.57. The molecule has 1 saturated carbocycles. The Morgan fingerprint density at radius 1 is 1.20 bits per heavy atom. The maximum absolute atomic E-state index is 6.37. The summed E-state index contributed by atoms with van der Waals surface area (Å²) < 4.78 is 6.37. The van der Waals surface area contributed by atoms with Gasteiger partial charge in [-0.2, -0.15) is 0 Å². The lowest BCUT2D eigenvalue weighted by molar-refractivity contribution is 0.128. The van der Waals surface area contributed by atoms with Crippen molar-refractivity contribution >= 4 is 8.32 Å². The predicted octanol–water partition coefficient (Wildman–Crippen LogP) is 3.28. The van der Waals surface area contributed by atoms with Crippen LogP contribution in [0.3, 0.4) is 0 Å². The van der Waals surface area contributed by atoms with Gasteiger partial charge in [0.15, 0.2) is 8.32 Å². The molecule has 1 rings (SSSR count). The Balaban J connectivity index is 2.53. The second kappa shape index (κ2) is 4.56. The molecule has 0 aromatic carbocycles. The Kier molecular flexibility index (Phi) is 4.01. The van der Waals surface area contributed by atoms with Gasteiger partial charge in [0.25, 0.3) is 0 Å². The first-order valence-corrected chi connectivity index (χ1v) is 9.06. The van der Waals surface area contributed by atoms with Gasteiger partial charge in [-0.15, -0.1) is 0 Å².